The van der Waals surface area contributed by atoms with Crippen molar-refractivity contribution in [1.82, 2.24) is 20.4 Å². The maximum absolute atomic E-state index is 11.9. The third-order valence-corrected chi connectivity index (χ3v) is 5.23. The van der Waals surface area contributed by atoms with E-state index in [1.54, 1.807) is 11.8 Å². The number of nitrogens with one attached hydrogen (secondary N) is 1. The van der Waals surface area contributed by atoms with Crippen LogP contribution in [0, 0.1) is 0 Å². The van der Waals surface area contributed by atoms with Crippen molar-refractivity contribution in [3.63, 3.8) is 0 Å². The van der Waals surface area contributed by atoms with Crippen LogP contribution in [-0.4, -0.2) is 52.1 Å². The summed E-state index contributed by atoms with van der Waals surface area (Å²) in [5.74, 6) is 1.23. The van der Waals surface area contributed by atoms with Gasteiger partial charge in [-0.2, -0.15) is 4.98 Å². The summed E-state index contributed by atoms with van der Waals surface area (Å²) in [5, 5.41) is 7.06. The minimum Gasteiger partial charge on any atom is -0.444 e. The Morgan fingerprint density at radius 3 is 2.57 bits per heavy atom. The van der Waals surface area contributed by atoms with Crippen molar-refractivity contribution in [3.8, 4) is 11.4 Å². The van der Waals surface area contributed by atoms with Crippen LogP contribution in [0.25, 0.3) is 11.4 Å². The van der Waals surface area contributed by atoms with Crippen LogP contribution in [0.15, 0.2) is 33.7 Å². The second kappa shape index (κ2) is 8.96. The van der Waals surface area contributed by atoms with Gasteiger partial charge in [0.05, 0.1) is 6.54 Å². The van der Waals surface area contributed by atoms with Gasteiger partial charge in [0.25, 0.3) is 0 Å². The van der Waals surface area contributed by atoms with E-state index < -0.39 is 5.60 Å². The molecule has 0 bridgehead atoms. The fourth-order valence-electron chi connectivity index (χ4n) is 3.08. The maximum Gasteiger partial charge on any atom is 0.407 e. The van der Waals surface area contributed by atoms with Gasteiger partial charge in [0.2, 0.25) is 11.7 Å². The fourth-order valence-corrected chi connectivity index (χ4v) is 3.49. The number of carbonyl (C=O) groups is 1. The third kappa shape index (κ3) is 5.97. The first-order valence-electron chi connectivity index (χ1n) is 9.51. The van der Waals surface area contributed by atoms with Crippen LogP contribution in [0.3, 0.4) is 0 Å². The third-order valence-electron chi connectivity index (χ3n) is 4.48. The van der Waals surface area contributed by atoms with Gasteiger partial charge in [0.15, 0.2) is 0 Å². The van der Waals surface area contributed by atoms with Gasteiger partial charge in [-0.3, -0.25) is 4.90 Å². The Morgan fingerprint density at radius 2 is 1.96 bits per heavy atom. The van der Waals surface area contributed by atoms with Gasteiger partial charge >= 0.3 is 6.09 Å². The molecule has 2 heterocycles. The summed E-state index contributed by atoms with van der Waals surface area (Å²) in [6.45, 7) is 7.94. The lowest BCUT2D eigenvalue weighted by Crippen LogP contribution is -2.45. The molecule has 0 aliphatic carbocycles. The van der Waals surface area contributed by atoms with Gasteiger partial charge in [0.1, 0.15) is 5.60 Å². The molecule has 1 N–H and O–H groups in total. The lowest BCUT2D eigenvalue weighted by Gasteiger charge is -2.31. The number of alkyl carbamates (subject to hydrolysis) is 1. The number of nitrogens with zero attached hydrogens (tertiary/aromatic N) is 3. The van der Waals surface area contributed by atoms with Gasteiger partial charge < -0.3 is 14.6 Å². The van der Waals surface area contributed by atoms with Crippen molar-refractivity contribution in [2.75, 3.05) is 19.3 Å². The first-order valence-corrected chi connectivity index (χ1v) is 10.7. The molecule has 1 aromatic heterocycles. The number of amides is 1. The van der Waals surface area contributed by atoms with Crippen molar-refractivity contribution in [2.45, 2.75) is 56.7 Å². The molecule has 152 valence electrons. The highest BCUT2D eigenvalue weighted by atomic mass is 32.2. The van der Waals surface area contributed by atoms with Gasteiger partial charge in [-0.15, -0.1) is 11.8 Å². The highest BCUT2D eigenvalue weighted by Gasteiger charge is 2.24. The molecule has 0 spiro atoms. The Balaban J connectivity index is 1.47. The topological polar surface area (TPSA) is 80.5 Å². The van der Waals surface area contributed by atoms with Gasteiger partial charge in [-0.25, -0.2) is 4.79 Å². The molecule has 1 aliphatic heterocycles. The minimum atomic E-state index is -0.476. The maximum atomic E-state index is 11.9. The Bertz CT molecular complexity index is 777. The van der Waals surface area contributed by atoms with E-state index in [1.807, 2.05) is 39.2 Å². The lowest BCUT2D eigenvalue weighted by molar-refractivity contribution is 0.0475. The van der Waals surface area contributed by atoms with Crippen LogP contribution in [0.1, 0.15) is 39.5 Å². The van der Waals surface area contributed by atoms with Crippen LogP contribution in [-0.2, 0) is 11.3 Å². The molecule has 0 atom stereocenters. The normalized spacial score (nSPS) is 16.1. The summed E-state index contributed by atoms with van der Waals surface area (Å²) >= 11 is 1.70. The monoisotopic (exact) mass is 404 g/mol. The van der Waals surface area contributed by atoms with Crippen molar-refractivity contribution in [2.24, 2.45) is 0 Å². The number of ether oxygens (including phenoxy) is 1. The van der Waals surface area contributed by atoms with Gasteiger partial charge in [-0.1, -0.05) is 5.16 Å². The van der Waals surface area contributed by atoms with E-state index in [-0.39, 0.29) is 12.1 Å². The predicted molar refractivity (Wildman–Crippen MR) is 109 cm³/mol. The number of thioether (sulfide) groups is 1. The Hall–Kier alpha value is -2.06. The lowest BCUT2D eigenvalue weighted by atomic mass is 10.1. The van der Waals surface area contributed by atoms with Crippen LogP contribution in [0.4, 0.5) is 4.79 Å². The molecule has 7 nitrogen and oxygen atoms in total. The molecule has 0 radical (unpaired) electrons. The van der Waals surface area contributed by atoms with E-state index in [0.29, 0.717) is 18.3 Å². The summed E-state index contributed by atoms with van der Waals surface area (Å²) in [6.07, 6.45) is 3.44. The Morgan fingerprint density at radius 1 is 1.29 bits per heavy atom. The molecule has 1 fully saturated rings. The molecule has 0 saturated carbocycles. The minimum absolute atomic E-state index is 0.138. The molecule has 1 amide bonds. The van der Waals surface area contributed by atoms with Crippen LogP contribution in [0.2, 0.25) is 0 Å². The molecular formula is C20H28N4O3S. The summed E-state index contributed by atoms with van der Waals surface area (Å²) in [5.41, 5.74) is 0.476. The van der Waals surface area contributed by atoms with E-state index in [9.17, 15) is 4.79 Å². The number of hydrogen-bond donors (Lipinski definition) is 1. The summed E-state index contributed by atoms with van der Waals surface area (Å²) < 4.78 is 10.8. The van der Waals surface area contributed by atoms with Crippen molar-refractivity contribution in [3.05, 3.63) is 30.2 Å². The quantitative estimate of drug-likeness (QED) is 0.756. The van der Waals surface area contributed by atoms with Crippen LogP contribution < -0.4 is 5.32 Å². The van der Waals surface area contributed by atoms with E-state index in [0.717, 1.165) is 31.5 Å². The number of aromatic nitrogens is 2. The van der Waals surface area contributed by atoms with Crippen molar-refractivity contribution < 1.29 is 14.1 Å². The molecule has 0 unspecified atom stereocenters. The number of carbonyl (C=O) groups excluding carboxylic acids is 1. The number of piperidine rings is 1. The predicted octanol–water partition coefficient (Wildman–Crippen LogP) is 3.95. The molecule has 3 rings (SSSR count). The van der Waals surface area contributed by atoms with Crippen molar-refractivity contribution >= 4 is 17.9 Å². The second-order valence-electron chi connectivity index (χ2n) is 7.94. The summed E-state index contributed by atoms with van der Waals surface area (Å²) in [6, 6.07) is 8.26. The Labute approximate surface area is 170 Å². The molecule has 2 aromatic rings. The number of benzene rings is 1. The summed E-state index contributed by atoms with van der Waals surface area (Å²) in [7, 11) is 0. The second-order valence-corrected chi connectivity index (χ2v) is 8.82. The Kier molecular flexibility index (Phi) is 6.61. The first kappa shape index (κ1) is 20.7. The highest BCUT2D eigenvalue weighted by molar-refractivity contribution is 7.98. The van der Waals surface area contributed by atoms with Gasteiger partial charge in [0, 0.05) is 29.6 Å². The van der Waals surface area contributed by atoms with E-state index in [1.165, 1.54) is 4.90 Å². The van der Waals surface area contributed by atoms with E-state index >= 15 is 0 Å². The van der Waals surface area contributed by atoms with Crippen LogP contribution >= 0.6 is 11.8 Å². The highest BCUT2D eigenvalue weighted by Crippen LogP contribution is 2.21. The first-order chi connectivity index (χ1) is 13.3. The molecule has 28 heavy (non-hydrogen) atoms. The van der Waals surface area contributed by atoms with Gasteiger partial charge in [-0.05, 0) is 64.1 Å². The molecule has 1 saturated heterocycles. The molecule has 8 heteroatoms. The SMILES string of the molecule is CSc1ccc(-c2noc(CN3CCC(NC(=O)OC(C)(C)C)CC3)n2)cc1. The van der Waals surface area contributed by atoms with Crippen LogP contribution in [0.5, 0.6) is 0 Å². The zero-order valence-electron chi connectivity index (χ0n) is 16.9. The zero-order chi connectivity index (χ0) is 20.1. The number of rotatable bonds is 5. The zero-order valence-corrected chi connectivity index (χ0v) is 17.7. The fraction of sp³-hybridized carbons (Fsp3) is 0.550. The average molecular weight is 405 g/mol. The largest absolute Gasteiger partial charge is 0.444 e. The number of hydrogen-bond acceptors (Lipinski definition) is 7. The van der Waals surface area contributed by atoms with E-state index in [2.05, 4.69) is 32.5 Å². The smallest absolute Gasteiger partial charge is 0.407 e. The summed E-state index contributed by atoms with van der Waals surface area (Å²) in [4.78, 5) is 19.9. The standard InChI is InChI=1S/C20H28N4O3S/c1-20(2,3)26-19(25)21-15-9-11-24(12-10-15)13-17-22-18(23-27-17)14-5-7-16(28-4)8-6-14/h5-8,15H,9-13H2,1-4H3,(H,21,25). The van der Waals surface area contributed by atoms with E-state index in [4.69, 9.17) is 9.26 Å². The molecular weight excluding hydrogens is 376 g/mol. The molecule has 1 aromatic carbocycles. The molecule has 1 aliphatic rings. The average Bonchev–Trinajstić information content (AvgIpc) is 3.10. The van der Waals surface area contributed by atoms with Crippen molar-refractivity contribution in [1.29, 1.82) is 0 Å². The number of likely N-dealkylation sites (tertiary alicyclic amines) is 1.